The van der Waals surface area contributed by atoms with Crippen LogP contribution in [0.4, 0.5) is 0 Å². The maximum atomic E-state index is 6.24. The van der Waals surface area contributed by atoms with Crippen LogP contribution in [0.5, 0.6) is 0 Å². The first kappa shape index (κ1) is 13.4. The standard InChI is InChI=1S/C17H21Cl2N/c18-14-5-2-12(8-15(14)19)17(11-20-13-3-4-13)9-16(10-17)6-1-7-16/h2,5,8,13,20H,1,3-4,6-7,9-11H2. The molecule has 3 aliphatic rings. The minimum Gasteiger partial charge on any atom is -0.313 e. The molecule has 1 spiro atoms. The van der Waals surface area contributed by atoms with Crippen molar-refractivity contribution in [2.24, 2.45) is 5.41 Å². The molecule has 0 aliphatic heterocycles. The molecule has 0 atom stereocenters. The van der Waals surface area contributed by atoms with E-state index in [1.165, 1.54) is 50.5 Å². The third kappa shape index (κ3) is 2.19. The molecule has 1 aromatic carbocycles. The average molecular weight is 310 g/mol. The van der Waals surface area contributed by atoms with Gasteiger partial charge in [0.1, 0.15) is 0 Å². The summed E-state index contributed by atoms with van der Waals surface area (Å²) in [6.45, 7) is 1.11. The van der Waals surface area contributed by atoms with E-state index in [4.69, 9.17) is 23.2 Å². The van der Waals surface area contributed by atoms with Crippen LogP contribution >= 0.6 is 23.2 Å². The van der Waals surface area contributed by atoms with E-state index in [1.807, 2.05) is 6.07 Å². The Balaban J connectivity index is 1.58. The minimum absolute atomic E-state index is 0.303. The van der Waals surface area contributed by atoms with Gasteiger partial charge in [0.2, 0.25) is 0 Å². The van der Waals surface area contributed by atoms with Crippen LogP contribution in [-0.4, -0.2) is 12.6 Å². The third-order valence-electron chi connectivity index (χ3n) is 5.68. The van der Waals surface area contributed by atoms with Crippen LogP contribution in [0.1, 0.15) is 50.5 Å². The Hall–Kier alpha value is -0.240. The largest absolute Gasteiger partial charge is 0.313 e. The molecule has 0 bridgehead atoms. The molecular formula is C17H21Cl2N. The molecule has 3 heteroatoms. The van der Waals surface area contributed by atoms with Crippen molar-refractivity contribution in [3.05, 3.63) is 33.8 Å². The van der Waals surface area contributed by atoms with E-state index >= 15 is 0 Å². The van der Waals surface area contributed by atoms with Gasteiger partial charge in [0.25, 0.3) is 0 Å². The first-order valence-corrected chi connectivity index (χ1v) is 8.56. The average Bonchev–Trinajstić information content (AvgIpc) is 3.14. The summed E-state index contributed by atoms with van der Waals surface area (Å²) in [5.74, 6) is 0. The summed E-state index contributed by atoms with van der Waals surface area (Å²) in [6, 6.07) is 7.02. The molecule has 1 nitrogen and oxygen atoms in total. The zero-order valence-electron chi connectivity index (χ0n) is 11.7. The molecule has 3 saturated carbocycles. The molecule has 108 valence electrons. The van der Waals surface area contributed by atoms with Crippen LogP contribution < -0.4 is 5.32 Å². The van der Waals surface area contributed by atoms with E-state index in [0.717, 1.165) is 12.6 Å². The van der Waals surface area contributed by atoms with E-state index in [0.29, 0.717) is 20.9 Å². The summed E-state index contributed by atoms with van der Waals surface area (Å²) in [4.78, 5) is 0. The minimum atomic E-state index is 0.303. The van der Waals surface area contributed by atoms with Crippen LogP contribution in [0.2, 0.25) is 10.0 Å². The highest BCUT2D eigenvalue weighted by Crippen LogP contribution is 2.65. The van der Waals surface area contributed by atoms with Gasteiger partial charge in [-0.25, -0.2) is 0 Å². The van der Waals surface area contributed by atoms with Crippen molar-refractivity contribution in [3.63, 3.8) is 0 Å². The van der Waals surface area contributed by atoms with Gasteiger partial charge in [0.15, 0.2) is 0 Å². The van der Waals surface area contributed by atoms with Crippen molar-refractivity contribution in [2.45, 2.75) is 56.4 Å². The Labute approximate surface area is 131 Å². The Morgan fingerprint density at radius 1 is 1.10 bits per heavy atom. The quantitative estimate of drug-likeness (QED) is 0.830. The van der Waals surface area contributed by atoms with Crippen LogP contribution in [0, 0.1) is 5.41 Å². The van der Waals surface area contributed by atoms with Crippen LogP contribution in [0.25, 0.3) is 0 Å². The summed E-state index contributed by atoms with van der Waals surface area (Å²) >= 11 is 12.3. The maximum absolute atomic E-state index is 6.24. The smallest absolute Gasteiger partial charge is 0.0595 e. The molecule has 0 saturated heterocycles. The van der Waals surface area contributed by atoms with Gasteiger partial charge in [-0.2, -0.15) is 0 Å². The fourth-order valence-electron chi connectivity index (χ4n) is 4.30. The molecule has 20 heavy (non-hydrogen) atoms. The van der Waals surface area contributed by atoms with Crippen LogP contribution in [0.3, 0.4) is 0 Å². The molecule has 0 heterocycles. The second-order valence-electron chi connectivity index (χ2n) is 7.27. The SMILES string of the molecule is Clc1ccc(C2(CNC3CC3)CC3(CCC3)C2)cc1Cl. The summed E-state index contributed by atoms with van der Waals surface area (Å²) in [7, 11) is 0. The predicted molar refractivity (Wildman–Crippen MR) is 84.7 cm³/mol. The molecule has 0 amide bonds. The summed E-state index contributed by atoms with van der Waals surface area (Å²) in [5.41, 5.74) is 2.35. The lowest BCUT2D eigenvalue weighted by Crippen LogP contribution is -2.57. The molecular weight excluding hydrogens is 289 g/mol. The van der Waals surface area contributed by atoms with Gasteiger partial charge in [-0.1, -0.05) is 35.7 Å². The molecule has 0 aromatic heterocycles. The number of hydrogen-bond donors (Lipinski definition) is 1. The monoisotopic (exact) mass is 309 g/mol. The molecule has 4 rings (SSSR count). The highest BCUT2D eigenvalue weighted by molar-refractivity contribution is 6.42. The highest BCUT2D eigenvalue weighted by Gasteiger charge is 2.57. The van der Waals surface area contributed by atoms with Gasteiger partial charge in [-0.3, -0.25) is 0 Å². The fourth-order valence-corrected chi connectivity index (χ4v) is 4.60. The van der Waals surface area contributed by atoms with Crippen molar-refractivity contribution in [3.8, 4) is 0 Å². The van der Waals surface area contributed by atoms with Crippen LogP contribution in [-0.2, 0) is 5.41 Å². The Bertz CT molecular complexity index is 524. The lowest BCUT2D eigenvalue weighted by Gasteiger charge is -2.62. The zero-order valence-corrected chi connectivity index (χ0v) is 13.2. The Morgan fingerprint density at radius 3 is 2.40 bits per heavy atom. The normalized spacial score (nSPS) is 26.1. The van der Waals surface area contributed by atoms with Gasteiger partial charge in [-0.15, -0.1) is 0 Å². The van der Waals surface area contributed by atoms with Crippen LogP contribution in [0.15, 0.2) is 18.2 Å². The van der Waals surface area contributed by atoms with Crippen molar-refractivity contribution >= 4 is 23.2 Å². The number of hydrogen-bond acceptors (Lipinski definition) is 1. The predicted octanol–water partition coefficient (Wildman–Crippen LogP) is 4.95. The third-order valence-corrected chi connectivity index (χ3v) is 6.42. The topological polar surface area (TPSA) is 12.0 Å². The summed E-state index contributed by atoms with van der Waals surface area (Å²) in [6.07, 6.45) is 9.65. The number of benzene rings is 1. The molecule has 0 unspecified atom stereocenters. The van der Waals surface area contributed by atoms with Crippen molar-refractivity contribution in [1.82, 2.24) is 5.32 Å². The molecule has 3 aliphatic carbocycles. The Morgan fingerprint density at radius 2 is 1.85 bits per heavy atom. The second kappa shape index (κ2) is 4.63. The maximum Gasteiger partial charge on any atom is 0.0595 e. The van der Waals surface area contributed by atoms with E-state index in [1.54, 1.807) is 0 Å². The second-order valence-corrected chi connectivity index (χ2v) is 8.09. The highest BCUT2D eigenvalue weighted by atomic mass is 35.5. The van der Waals surface area contributed by atoms with Gasteiger partial charge in [0, 0.05) is 18.0 Å². The van der Waals surface area contributed by atoms with Gasteiger partial charge >= 0.3 is 0 Å². The Kier molecular flexibility index (Phi) is 3.11. The summed E-state index contributed by atoms with van der Waals surface area (Å²) in [5, 5.41) is 5.11. The summed E-state index contributed by atoms with van der Waals surface area (Å²) < 4.78 is 0. The number of halogens is 2. The van der Waals surface area contributed by atoms with Gasteiger partial charge in [0.05, 0.1) is 10.0 Å². The van der Waals surface area contributed by atoms with E-state index in [9.17, 15) is 0 Å². The molecule has 1 N–H and O–H groups in total. The van der Waals surface area contributed by atoms with E-state index in [-0.39, 0.29) is 0 Å². The lowest BCUT2D eigenvalue weighted by molar-refractivity contribution is -0.0484. The first-order chi connectivity index (χ1) is 9.61. The van der Waals surface area contributed by atoms with Crippen molar-refractivity contribution in [1.29, 1.82) is 0 Å². The van der Waals surface area contributed by atoms with Gasteiger partial charge < -0.3 is 5.32 Å². The zero-order chi connectivity index (χ0) is 13.8. The molecule has 1 aromatic rings. The van der Waals surface area contributed by atoms with Gasteiger partial charge in [-0.05, 0) is 61.6 Å². The van der Waals surface area contributed by atoms with E-state index < -0.39 is 0 Å². The number of nitrogens with one attached hydrogen (secondary N) is 1. The van der Waals surface area contributed by atoms with Crippen molar-refractivity contribution < 1.29 is 0 Å². The van der Waals surface area contributed by atoms with E-state index in [2.05, 4.69) is 17.4 Å². The molecule has 3 fully saturated rings. The number of rotatable bonds is 4. The molecule has 0 radical (unpaired) electrons. The fraction of sp³-hybridized carbons (Fsp3) is 0.647. The van der Waals surface area contributed by atoms with Crippen molar-refractivity contribution in [2.75, 3.05) is 6.54 Å². The first-order valence-electron chi connectivity index (χ1n) is 7.80. The lowest BCUT2D eigenvalue weighted by atomic mass is 9.43.